The number of phenols is 1. The van der Waals surface area contributed by atoms with E-state index in [9.17, 15) is 9.50 Å². The third-order valence-electron chi connectivity index (χ3n) is 3.34. The van der Waals surface area contributed by atoms with Gasteiger partial charge >= 0.3 is 0 Å². The highest BCUT2D eigenvalue weighted by atomic mass is 19.1. The molecule has 0 bridgehead atoms. The Balaban J connectivity index is 1.73. The van der Waals surface area contributed by atoms with Crippen molar-refractivity contribution in [2.75, 3.05) is 16.4 Å². The van der Waals surface area contributed by atoms with Gasteiger partial charge < -0.3 is 21.5 Å². The van der Waals surface area contributed by atoms with Gasteiger partial charge in [-0.25, -0.2) is 4.39 Å². The van der Waals surface area contributed by atoms with Gasteiger partial charge in [-0.1, -0.05) is 18.2 Å². The number of benzene rings is 3. The fourth-order valence-corrected chi connectivity index (χ4v) is 2.17. The molecule has 3 aromatic carbocycles. The summed E-state index contributed by atoms with van der Waals surface area (Å²) in [7, 11) is 0. The molecule has 5 heteroatoms. The van der Waals surface area contributed by atoms with E-state index in [1.807, 2.05) is 54.6 Å². The molecule has 116 valence electrons. The molecule has 3 rings (SSSR count). The fourth-order valence-electron chi connectivity index (χ4n) is 2.17. The molecule has 0 aliphatic rings. The minimum absolute atomic E-state index is 0.252. The standard InChI is InChI=1S/C18H16FN3O/c19-16-10-15(11-17(23)18(16)20)22-14-8-6-13(7-9-14)21-12-4-2-1-3-5-12/h1-11,21-23H,20H2. The number of hydrogen-bond acceptors (Lipinski definition) is 4. The van der Waals surface area contributed by atoms with E-state index in [4.69, 9.17) is 5.73 Å². The Kier molecular flexibility index (Phi) is 4.01. The largest absolute Gasteiger partial charge is 0.506 e. The van der Waals surface area contributed by atoms with E-state index in [-0.39, 0.29) is 11.4 Å². The molecule has 0 spiro atoms. The van der Waals surface area contributed by atoms with Crippen molar-refractivity contribution in [3.63, 3.8) is 0 Å². The maximum Gasteiger partial charge on any atom is 0.151 e. The van der Waals surface area contributed by atoms with Crippen LogP contribution >= 0.6 is 0 Å². The van der Waals surface area contributed by atoms with E-state index in [1.54, 1.807) is 0 Å². The number of hydrogen-bond donors (Lipinski definition) is 4. The normalized spacial score (nSPS) is 10.3. The maximum atomic E-state index is 13.5. The highest BCUT2D eigenvalue weighted by Crippen LogP contribution is 2.29. The first kappa shape index (κ1) is 14.7. The zero-order chi connectivity index (χ0) is 16.2. The van der Waals surface area contributed by atoms with Gasteiger partial charge in [-0.3, -0.25) is 0 Å². The molecule has 23 heavy (non-hydrogen) atoms. The van der Waals surface area contributed by atoms with Crippen LogP contribution in [0.3, 0.4) is 0 Å². The average molecular weight is 309 g/mol. The predicted molar refractivity (Wildman–Crippen MR) is 91.9 cm³/mol. The summed E-state index contributed by atoms with van der Waals surface area (Å²) in [6, 6.07) is 20.0. The van der Waals surface area contributed by atoms with Crippen LogP contribution in [0, 0.1) is 5.82 Å². The molecule has 0 atom stereocenters. The van der Waals surface area contributed by atoms with Crippen LogP contribution in [0.15, 0.2) is 66.7 Å². The van der Waals surface area contributed by atoms with Crippen molar-refractivity contribution in [3.8, 4) is 5.75 Å². The van der Waals surface area contributed by atoms with Gasteiger partial charge in [0.25, 0.3) is 0 Å². The van der Waals surface area contributed by atoms with Gasteiger partial charge in [-0.05, 0) is 42.5 Å². The van der Waals surface area contributed by atoms with Crippen LogP contribution in [-0.2, 0) is 0 Å². The second-order valence-corrected chi connectivity index (χ2v) is 5.08. The summed E-state index contributed by atoms with van der Waals surface area (Å²) < 4.78 is 13.5. The molecule has 0 aromatic heterocycles. The maximum absolute atomic E-state index is 13.5. The molecular formula is C18H16FN3O. The summed E-state index contributed by atoms with van der Waals surface area (Å²) >= 11 is 0. The molecule has 0 aliphatic carbocycles. The van der Waals surface area contributed by atoms with Crippen LogP contribution in [0.4, 0.5) is 32.8 Å². The number of phenolic OH excluding ortho intramolecular Hbond substituents is 1. The highest BCUT2D eigenvalue weighted by molar-refractivity contribution is 5.69. The van der Waals surface area contributed by atoms with Gasteiger partial charge in [0.1, 0.15) is 11.4 Å². The minimum Gasteiger partial charge on any atom is -0.506 e. The van der Waals surface area contributed by atoms with E-state index in [0.29, 0.717) is 5.69 Å². The predicted octanol–water partition coefficient (Wildman–Crippen LogP) is 4.60. The average Bonchev–Trinajstić information content (AvgIpc) is 2.55. The van der Waals surface area contributed by atoms with E-state index in [1.165, 1.54) is 12.1 Å². The van der Waals surface area contributed by atoms with E-state index in [0.717, 1.165) is 17.1 Å². The summed E-state index contributed by atoms with van der Waals surface area (Å²) in [5.41, 5.74) is 8.26. The van der Waals surface area contributed by atoms with E-state index < -0.39 is 5.82 Å². The lowest BCUT2D eigenvalue weighted by atomic mass is 10.2. The first-order valence-corrected chi connectivity index (χ1v) is 7.09. The fraction of sp³-hybridized carbons (Fsp3) is 0. The van der Waals surface area contributed by atoms with E-state index >= 15 is 0 Å². The summed E-state index contributed by atoms with van der Waals surface area (Å²) in [5, 5.41) is 15.8. The van der Waals surface area contributed by atoms with Crippen molar-refractivity contribution in [3.05, 3.63) is 72.5 Å². The number of nitrogens with one attached hydrogen (secondary N) is 2. The number of rotatable bonds is 4. The van der Waals surface area contributed by atoms with Crippen molar-refractivity contribution in [2.24, 2.45) is 0 Å². The molecule has 3 aromatic rings. The molecule has 0 saturated heterocycles. The lowest BCUT2D eigenvalue weighted by Gasteiger charge is -2.10. The van der Waals surface area contributed by atoms with Gasteiger partial charge in [0.15, 0.2) is 5.82 Å². The zero-order valence-corrected chi connectivity index (χ0v) is 12.3. The van der Waals surface area contributed by atoms with Gasteiger partial charge in [0.2, 0.25) is 0 Å². The molecule has 0 heterocycles. The summed E-state index contributed by atoms with van der Waals surface area (Å²) in [4.78, 5) is 0. The lowest BCUT2D eigenvalue weighted by Crippen LogP contribution is -1.96. The molecule has 0 unspecified atom stereocenters. The van der Waals surface area contributed by atoms with Crippen molar-refractivity contribution >= 4 is 28.4 Å². The third-order valence-corrected chi connectivity index (χ3v) is 3.34. The molecule has 0 amide bonds. The van der Waals surface area contributed by atoms with Crippen molar-refractivity contribution in [1.82, 2.24) is 0 Å². The number of nitrogens with two attached hydrogens (primary N) is 1. The van der Waals surface area contributed by atoms with Crippen LogP contribution in [0.1, 0.15) is 0 Å². The Bertz CT molecular complexity index is 781. The van der Waals surface area contributed by atoms with Crippen LogP contribution in [0.5, 0.6) is 5.75 Å². The first-order chi connectivity index (χ1) is 11.1. The summed E-state index contributed by atoms with van der Waals surface area (Å²) in [5.74, 6) is -0.940. The second-order valence-electron chi connectivity index (χ2n) is 5.08. The Labute approximate surface area is 133 Å². The number of halogens is 1. The van der Waals surface area contributed by atoms with Gasteiger partial charge in [0.05, 0.1) is 0 Å². The SMILES string of the molecule is Nc1c(O)cc(Nc2ccc(Nc3ccccc3)cc2)cc1F. The molecule has 5 N–H and O–H groups in total. The van der Waals surface area contributed by atoms with Gasteiger partial charge in [-0.15, -0.1) is 0 Å². The Morgan fingerprint density at radius 2 is 1.26 bits per heavy atom. The molecule has 0 saturated carbocycles. The Hall–Kier alpha value is -3.21. The van der Waals surface area contributed by atoms with Crippen LogP contribution in [0.2, 0.25) is 0 Å². The van der Waals surface area contributed by atoms with Crippen molar-refractivity contribution in [2.45, 2.75) is 0 Å². The number of nitrogen functional groups attached to an aromatic ring is 1. The molecule has 4 nitrogen and oxygen atoms in total. The molecule has 0 fully saturated rings. The smallest absolute Gasteiger partial charge is 0.151 e. The molecule has 0 radical (unpaired) electrons. The third kappa shape index (κ3) is 3.52. The quantitative estimate of drug-likeness (QED) is 0.420. The number of para-hydroxylation sites is 1. The second kappa shape index (κ2) is 6.27. The van der Waals surface area contributed by atoms with Crippen LogP contribution in [0.25, 0.3) is 0 Å². The highest BCUT2D eigenvalue weighted by Gasteiger charge is 2.07. The van der Waals surface area contributed by atoms with E-state index in [2.05, 4.69) is 10.6 Å². The lowest BCUT2D eigenvalue weighted by molar-refractivity contribution is 0.473. The topological polar surface area (TPSA) is 70.3 Å². The van der Waals surface area contributed by atoms with Gasteiger partial charge in [0, 0.05) is 28.8 Å². The first-order valence-electron chi connectivity index (χ1n) is 7.09. The number of aromatic hydroxyl groups is 1. The Morgan fingerprint density at radius 1 is 0.739 bits per heavy atom. The molecular weight excluding hydrogens is 293 g/mol. The summed E-state index contributed by atoms with van der Waals surface area (Å²) in [6.07, 6.45) is 0. The molecule has 0 aliphatic heterocycles. The van der Waals surface area contributed by atoms with Gasteiger partial charge in [-0.2, -0.15) is 0 Å². The van der Waals surface area contributed by atoms with Crippen molar-refractivity contribution in [1.29, 1.82) is 0 Å². The number of anilines is 5. The van der Waals surface area contributed by atoms with Crippen LogP contribution < -0.4 is 16.4 Å². The van der Waals surface area contributed by atoms with Crippen LogP contribution in [-0.4, -0.2) is 5.11 Å². The minimum atomic E-state index is -0.658. The van der Waals surface area contributed by atoms with Crippen molar-refractivity contribution < 1.29 is 9.50 Å². The monoisotopic (exact) mass is 309 g/mol. The summed E-state index contributed by atoms with van der Waals surface area (Å²) in [6.45, 7) is 0. The Morgan fingerprint density at radius 3 is 1.83 bits per heavy atom. The zero-order valence-electron chi connectivity index (χ0n) is 12.3.